The van der Waals surface area contributed by atoms with Crippen LogP contribution in [0.3, 0.4) is 0 Å². The molecule has 0 aromatic carbocycles. The fourth-order valence-electron chi connectivity index (χ4n) is 5.09. The number of nitrogens with zero attached hydrogens (tertiary/aromatic N) is 2. The lowest BCUT2D eigenvalue weighted by Gasteiger charge is -2.26. The van der Waals surface area contributed by atoms with E-state index in [1.807, 2.05) is 25.9 Å². The normalized spacial score (nSPS) is 13.5. The van der Waals surface area contributed by atoms with Crippen LogP contribution in [0, 0.1) is 0 Å². The van der Waals surface area contributed by atoms with Crippen LogP contribution >= 0.6 is 11.8 Å². The van der Waals surface area contributed by atoms with Crippen molar-refractivity contribution >= 4 is 29.2 Å². The van der Waals surface area contributed by atoms with Crippen molar-refractivity contribution in [1.29, 1.82) is 0 Å². The predicted octanol–water partition coefficient (Wildman–Crippen LogP) is 11.8. The Morgan fingerprint density at radius 1 is 0.545 bits per heavy atom. The standard InChI is InChI=1S/C36H70N2O5S/c1-8-12-16-20-24-28-32(26-22-18-14-10-3)42-34(39)38(36(41)44-30-31(5)37(6)7)35(40)43-33(27-23-19-15-11-4)29-25-21-17-13-9-2/h31-33H,8-30H2,1-7H3. The van der Waals surface area contributed by atoms with E-state index in [0.717, 1.165) is 114 Å². The van der Waals surface area contributed by atoms with Gasteiger partial charge in [-0.3, -0.25) is 4.79 Å². The van der Waals surface area contributed by atoms with Gasteiger partial charge in [-0.2, -0.15) is 0 Å². The second-order valence-corrected chi connectivity index (χ2v) is 13.8. The van der Waals surface area contributed by atoms with Crippen molar-refractivity contribution in [2.24, 2.45) is 0 Å². The molecule has 0 heterocycles. The van der Waals surface area contributed by atoms with E-state index in [-0.39, 0.29) is 18.2 Å². The summed E-state index contributed by atoms with van der Waals surface area (Å²) in [6.07, 6.45) is 20.5. The minimum atomic E-state index is -0.883. The summed E-state index contributed by atoms with van der Waals surface area (Å²) in [6.45, 7) is 10.8. The number of amides is 3. The van der Waals surface area contributed by atoms with Gasteiger partial charge in [-0.05, 0) is 72.4 Å². The summed E-state index contributed by atoms with van der Waals surface area (Å²) in [6, 6.07) is 0.0988. The van der Waals surface area contributed by atoms with Crippen LogP contribution in [-0.2, 0) is 9.47 Å². The molecule has 0 aliphatic heterocycles. The zero-order chi connectivity index (χ0) is 33.0. The van der Waals surface area contributed by atoms with Gasteiger partial charge in [0.2, 0.25) is 0 Å². The molecule has 0 N–H and O–H groups in total. The van der Waals surface area contributed by atoms with Crippen LogP contribution in [0.5, 0.6) is 0 Å². The quantitative estimate of drug-likeness (QED) is 0.0825. The minimum absolute atomic E-state index is 0.0988. The molecule has 3 atom stereocenters. The zero-order valence-electron chi connectivity index (χ0n) is 29.8. The summed E-state index contributed by atoms with van der Waals surface area (Å²) in [5.41, 5.74) is 0. The number of ether oxygens (including phenoxy) is 2. The molecule has 0 saturated carbocycles. The lowest BCUT2D eigenvalue weighted by molar-refractivity contribution is 0.0394. The number of hydrogen-bond donors (Lipinski definition) is 0. The van der Waals surface area contributed by atoms with Crippen molar-refractivity contribution in [3.05, 3.63) is 0 Å². The van der Waals surface area contributed by atoms with E-state index < -0.39 is 17.4 Å². The Bertz CT molecular complexity index is 677. The fourth-order valence-corrected chi connectivity index (χ4v) is 6.05. The van der Waals surface area contributed by atoms with Crippen molar-refractivity contribution in [3.8, 4) is 0 Å². The molecule has 0 saturated heterocycles. The Morgan fingerprint density at radius 2 is 0.864 bits per heavy atom. The number of carbonyl (C=O) groups excluding carboxylic acids is 3. The highest BCUT2D eigenvalue weighted by atomic mass is 32.2. The lowest BCUT2D eigenvalue weighted by Crippen LogP contribution is -2.44. The summed E-state index contributed by atoms with van der Waals surface area (Å²) in [5, 5.41) is -0.617. The van der Waals surface area contributed by atoms with Gasteiger partial charge in [0, 0.05) is 11.8 Å². The van der Waals surface area contributed by atoms with E-state index in [1.54, 1.807) is 0 Å². The van der Waals surface area contributed by atoms with Crippen molar-refractivity contribution in [2.75, 3.05) is 19.8 Å². The Balaban J connectivity index is 5.72. The first-order valence-electron chi connectivity index (χ1n) is 18.3. The molecule has 7 nitrogen and oxygen atoms in total. The third-order valence-electron chi connectivity index (χ3n) is 8.43. The fraction of sp³-hybridized carbons (Fsp3) is 0.917. The van der Waals surface area contributed by atoms with Crippen molar-refractivity contribution < 1.29 is 23.9 Å². The lowest BCUT2D eigenvalue weighted by atomic mass is 10.0. The molecule has 0 radical (unpaired) electrons. The maximum absolute atomic E-state index is 13.6. The molecule has 0 aliphatic carbocycles. The van der Waals surface area contributed by atoms with Crippen molar-refractivity contribution in [3.63, 3.8) is 0 Å². The molecule has 0 aromatic rings. The maximum atomic E-state index is 13.6. The highest BCUT2D eigenvalue weighted by molar-refractivity contribution is 8.13. The molecule has 0 fully saturated rings. The summed E-state index contributed by atoms with van der Waals surface area (Å²) >= 11 is 0.978. The first-order chi connectivity index (χ1) is 21.2. The molecule has 0 bridgehead atoms. The topological polar surface area (TPSA) is 76.1 Å². The zero-order valence-corrected chi connectivity index (χ0v) is 30.7. The van der Waals surface area contributed by atoms with Crippen LogP contribution in [0.1, 0.15) is 176 Å². The molecule has 260 valence electrons. The Hall–Kier alpha value is -1.28. The van der Waals surface area contributed by atoms with Crippen molar-refractivity contribution in [2.45, 2.75) is 194 Å². The molecule has 44 heavy (non-hydrogen) atoms. The SMILES string of the molecule is CCCCCCCC(CCCCCC)OC(=O)N(C(=O)OC(CCCCCC)CCCCCCC)C(=O)SCC(C)N(C)C. The van der Waals surface area contributed by atoms with Crippen LogP contribution in [0.15, 0.2) is 0 Å². The summed E-state index contributed by atoms with van der Waals surface area (Å²) < 4.78 is 11.9. The van der Waals surface area contributed by atoms with E-state index in [2.05, 4.69) is 27.7 Å². The van der Waals surface area contributed by atoms with E-state index in [4.69, 9.17) is 9.47 Å². The second kappa shape index (κ2) is 29.1. The van der Waals surface area contributed by atoms with Crippen molar-refractivity contribution in [1.82, 2.24) is 9.80 Å². The molecular weight excluding hydrogens is 572 g/mol. The van der Waals surface area contributed by atoms with Crippen LogP contribution in [0.2, 0.25) is 0 Å². The third-order valence-corrected chi connectivity index (χ3v) is 9.51. The third kappa shape index (κ3) is 22.3. The van der Waals surface area contributed by atoms with E-state index in [9.17, 15) is 14.4 Å². The monoisotopic (exact) mass is 643 g/mol. The second-order valence-electron chi connectivity index (χ2n) is 12.8. The smallest absolute Gasteiger partial charge is 0.427 e. The molecule has 0 aromatic heterocycles. The van der Waals surface area contributed by atoms with Gasteiger partial charge in [0.05, 0.1) is 0 Å². The van der Waals surface area contributed by atoms with Gasteiger partial charge in [0.1, 0.15) is 12.2 Å². The number of rotatable bonds is 27. The van der Waals surface area contributed by atoms with Crippen LogP contribution in [0.4, 0.5) is 14.4 Å². The molecule has 0 aliphatic rings. The highest BCUT2D eigenvalue weighted by Crippen LogP contribution is 2.22. The molecule has 3 unspecified atom stereocenters. The van der Waals surface area contributed by atoms with E-state index in [1.165, 1.54) is 38.5 Å². The molecule has 0 spiro atoms. The minimum Gasteiger partial charge on any atom is -0.445 e. The van der Waals surface area contributed by atoms with Crippen LogP contribution < -0.4 is 0 Å². The number of hydrogen-bond acceptors (Lipinski definition) is 7. The Kier molecular flexibility index (Phi) is 28.3. The van der Waals surface area contributed by atoms with Gasteiger partial charge in [0.15, 0.2) is 0 Å². The largest absolute Gasteiger partial charge is 0.445 e. The highest BCUT2D eigenvalue weighted by Gasteiger charge is 2.35. The molecule has 0 rings (SSSR count). The van der Waals surface area contributed by atoms with Gasteiger partial charge < -0.3 is 14.4 Å². The maximum Gasteiger partial charge on any atom is 0.427 e. The summed E-state index contributed by atoms with van der Waals surface area (Å²) in [4.78, 5) is 43.3. The summed E-state index contributed by atoms with van der Waals surface area (Å²) in [5.74, 6) is 0.457. The van der Waals surface area contributed by atoms with Gasteiger partial charge in [0.25, 0.3) is 0 Å². The number of unbranched alkanes of at least 4 members (excludes halogenated alkanes) is 14. The molecule has 8 heteroatoms. The first kappa shape index (κ1) is 42.7. The van der Waals surface area contributed by atoms with E-state index in [0.29, 0.717) is 10.7 Å². The predicted molar refractivity (Wildman–Crippen MR) is 188 cm³/mol. The number of imide groups is 3. The average molecular weight is 643 g/mol. The van der Waals surface area contributed by atoms with Gasteiger partial charge in [-0.15, -0.1) is 4.90 Å². The number of thioether (sulfide) groups is 1. The van der Waals surface area contributed by atoms with Crippen LogP contribution in [0.25, 0.3) is 0 Å². The number of carbonyl (C=O) groups is 3. The molecular formula is C36H70N2O5S. The van der Waals surface area contributed by atoms with Crippen LogP contribution in [-0.4, -0.2) is 65.3 Å². The van der Waals surface area contributed by atoms with Gasteiger partial charge >= 0.3 is 17.4 Å². The first-order valence-corrected chi connectivity index (χ1v) is 19.2. The molecule has 3 amide bonds. The van der Waals surface area contributed by atoms with Gasteiger partial charge in [-0.1, -0.05) is 129 Å². The Labute approximate surface area is 276 Å². The van der Waals surface area contributed by atoms with E-state index >= 15 is 0 Å². The Morgan fingerprint density at radius 3 is 1.18 bits per heavy atom. The summed E-state index contributed by atoms with van der Waals surface area (Å²) in [7, 11) is 3.90. The average Bonchev–Trinajstić information content (AvgIpc) is 2.99. The van der Waals surface area contributed by atoms with Gasteiger partial charge in [-0.25, -0.2) is 9.59 Å².